The predicted octanol–water partition coefficient (Wildman–Crippen LogP) is -0.469. The van der Waals surface area contributed by atoms with Crippen LogP contribution in [-0.2, 0) is 24.3 Å². The molecular formula is C13H22N2O5S. The number of hydrogen-bond donors (Lipinski definition) is 2. The Balaban J connectivity index is 1.93. The molecule has 0 aromatic rings. The van der Waals surface area contributed by atoms with Crippen LogP contribution in [0.1, 0.15) is 19.3 Å². The van der Waals surface area contributed by atoms with Crippen molar-refractivity contribution >= 4 is 15.9 Å². The van der Waals surface area contributed by atoms with Gasteiger partial charge in [-0.1, -0.05) is 6.08 Å². The Kier molecular flexibility index (Phi) is 4.44. The van der Waals surface area contributed by atoms with Gasteiger partial charge in [0.1, 0.15) is 10.3 Å². The number of carbonyl (C=O) groups excluding carboxylic acids is 1. The number of rotatable bonds is 9. The van der Waals surface area contributed by atoms with Crippen molar-refractivity contribution in [3.63, 3.8) is 0 Å². The normalized spacial score (nSPS) is 29.7. The molecule has 0 aliphatic heterocycles. The largest absolute Gasteiger partial charge is 0.382 e. The molecule has 120 valence electrons. The smallest absolute Gasteiger partial charge is 0.254 e. The molecule has 3 N–H and O–H groups in total. The van der Waals surface area contributed by atoms with Crippen LogP contribution in [0.2, 0.25) is 0 Å². The van der Waals surface area contributed by atoms with E-state index in [9.17, 15) is 13.2 Å². The number of amides is 1. The number of methoxy groups -OCH3 is 1. The molecule has 2 aliphatic rings. The molecule has 2 aliphatic carbocycles. The molecule has 2 saturated carbocycles. The molecule has 1 amide bonds. The average Bonchev–Trinajstić information content (AvgIpc) is 3.31. The second-order valence-corrected chi connectivity index (χ2v) is 7.83. The third-order valence-corrected chi connectivity index (χ3v) is 6.29. The fraction of sp³-hybridized carbons (Fsp3) is 0.769. The first-order valence-electron chi connectivity index (χ1n) is 6.86. The van der Waals surface area contributed by atoms with Gasteiger partial charge < -0.3 is 15.2 Å². The summed E-state index contributed by atoms with van der Waals surface area (Å²) < 4.78 is 35.9. The van der Waals surface area contributed by atoms with Gasteiger partial charge in [-0.25, -0.2) is 8.42 Å². The first-order chi connectivity index (χ1) is 9.81. The topological polar surface area (TPSA) is 108 Å². The maximum atomic E-state index is 12.3. The first kappa shape index (κ1) is 16.4. The van der Waals surface area contributed by atoms with Gasteiger partial charge in [-0.3, -0.25) is 9.52 Å². The van der Waals surface area contributed by atoms with Gasteiger partial charge in [0.2, 0.25) is 10.0 Å². The summed E-state index contributed by atoms with van der Waals surface area (Å²) in [5, 5.41) is 0. The maximum Gasteiger partial charge on any atom is 0.254 e. The fourth-order valence-electron chi connectivity index (χ4n) is 2.22. The number of ether oxygens (including phenoxy) is 2. The molecule has 0 radical (unpaired) electrons. The van der Waals surface area contributed by atoms with Gasteiger partial charge in [-0.15, -0.1) is 6.58 Å². The van der Waals surface area contributed by atoms with Crippen molar-refractivity contribution in [2.45, 2.75) is 29.5 Å². The van der Waals surface area contributed by atoms with Gasteiger partial charge in [0, 0.05) is 13.0 Å². The minimum absolute atomic E-state index is 0.0570. The Morgan fingerprint density at radius 3 is 2.62 bits per heavy atom. The standard InChI is InChI=1S/C13H22N2O5S/c1-3-10-8-13(10,14)11(16)15-21(17,18)12(4-5-12)9-20-7-6-19-2/h3,10H,1,4-9,14H2,2H3,(H,15,16)/t10-,13-/m1/s1. The lowest BCUT2D eigenvalue weighted by Crippen LogP contribution is -2.50. The zero-order valence-electron chi connectivity index (χ0n) is 12.1. The van der Waals surface area contributed by atoms with Crippen LogP contribution < -0.4 is 10.5 Å². The summed E-state index contributed by atoms with van der Waals surface area (Å²) >= 11 is 0. The number of hydrogen-bond acceptors (Lipinski definition) is 6. The average molecular weight is 318 g/mol. The Morgan fingerprint density at radius 1 is 1.48 bits per heavy atom. The van der Waals surface area contributed by atoms with E-state index in [1.165, 1.54) is 0 Å². The second-order valence-electron chi connectivity index (χ2n) is 5.75. The van der Waals surface area contributed by atoms with E-state index >= 15 is 0 Å². The Morgan fingerprint density at radius 2 is 2.14 bits per heavy atom. The van der Waals surface area contributed by atoms with E-state index in [1.54, 1.807) is 13.2 Å². The number of carbonyl (C=O) groups is 1. The summed E-state index contributed by atoms with van der Waals surface area (Å²) in [6.45, 7) is 4.35. The molecule has 0 bridgehead atoms. The quantitative estimate of drug-likeness (QED) is 0.440. The molecule has 0 spiro atoms. The van der Waals surface area contributed by atoms with Gasteiger partial charge >= 0.3 is 0 Å². The molecule has 0 heterocycles. The molecule has 21 heavy (non-hydrogen) atoms. The summed E-state index contributed by atoms with van der Waals surface area (Å²) in [7, 11) is -2.25. The van der Waals surface area contributed by atoms with Gasteiger partial charge in [-0.2, -0.15) is 0 Å². The third kappa shape index (κ3) is 3.13. The number of sulfonamides is 1. The second kappa shape index (κ2) is 5.68. The van der Waals surface area contributed by atoms with Crippen LogP contribution in [0.25, 0.3) is 0 Å². The third-order valence-electron chi connectivity index (χ3n) is 4.17. The van der Waals surface area contributed by atoms with E-state index in [-0.39, 0.29) is 12.5 Å². The summed E-state index contributed by atoms with van der Waals surface area (Å²) in [5.41, 5.74) is 4.72. The SMILES string of the molecule is C=C[C@@H]1C[C@]1(N)C(=O)NS(=O)(=O)C1(COCCOC)CC1. The Labute approximate surface area is 124 Å². The van der Waals surface area contributed by atoms with Crippen LogP contribution in [-0.4, -0.2) is 51.5 Å². The van der Waals surface area contributed by atoms with Crippen LogP contribution in [0.15, 0.2) is 12.7 Å². The number of nitrogens with one attached hydrogen (secondary N) is 1. The van der Waals surface area contributed by atoms with Crippen LogP contribution in [0.3, 0.4) is 0 Å². The van der Waals surface area contributed by atoms with Gasteiger partial charge in [-0.05, 0) is 19.3 Å². The Hall–Kier alpha value is -0.960. The lowest BCUT2D eigenvalue weighted by Gasteiger charge is -2.19. The van der Waals surface area contributed by atoms with Crippen molar-refractivity contribution in [1.29, 1.82) is 0 Å². The van der Waals surface area contributed by atoms with Gasteiger partial charge in [0.25, 0.3) is 5.91 Å². The van der Waals surface area contributed by atoms with Gasteiger partial charge in [0.15, 0.2) is 0 Å². The van der Waals surface area contributed by atoms with Crippen LogP contribution >= 0.6 is 0 Å². The molecule has 2 atom stereocenters. The zero-order chi connectivity index (χ0) is 15.7. The van der Waals surface area contributed by atoms with E-state index in [4.69, 9.17) is 15.2 Å². The van der Waals surface area contributed by atoms with E-state index in [2.05, 4.69) is 11.3 Å². The molecule has 7 nitrogen and oxygen atoms in total. The summed E-state index contributed by atoms with van der Waals surface area (Å²) in [6, 6.07) is 0. The summed E-state index contributed by atoms with van der Waals surface area (Å²) in [6.07, 6.45) is 2.96. The molecular weight excluding hydrogens is 296 g/mol. The Bertz CT molecular complexity index is 529. The highest BCUT2D eigenvalue weighted by Gasteiger charge is 2.60. The molecule has 0 aromatic carbocycles. The molecule has 0 saturated heterocycles. The fourth-order valence-corrected chi connectivity index (χ4v) is 3.74. The van der Waals surface area contributed by atoms with Crippen molar-refractivity contribution in [1.82, 2.24) is 4.72 Å². The van der Waals surface area contributed by atoms with Crippen molar-refractivity contribution in [2.24, 2.45) is 11.7 Å². The molecule has 0 aromatic heterocycles. The molecule has 8 heteroatoms. The van der Waals surface area contributed by atoms with Crippen molar-refractivity contribution in [3.8, 4) is 0 Å². The maximum absolute atomic E-state index is 12.3. The highest BCUT2D eigenvalue weighted by Crippen LogP contribution is 2.45. The van der Waals surface area contributed by atoms with Crippen LogP contribution in [0.5, 0.6) is 0 Å². The zero-order valence-corrected chi connectivity index (χ0v) is 12.9. The van der Waals surface area contributed by atoms with Gasteiger partial charge in [0.05, 0.1) is 19.8 Å². The van der Waals surface area contributed by atoms with Crippen molar-refractivity contribution in [2.75, 3.05) is 26.9 Å². The lowest BCUT2D eigenvalue weighted by molar-refractivity contribution is -0.121. The highest BCUT2D eigenvalue weighted by molar-refractivity contribution is 7.91. The molecule has 2 rings (SSSR count). The monoisotopic (exact) mass is 318 g/mol. The van der Waals surface area contributed by atoms with Crippen LogP contribution in [0.4, 0.5) is 0 Å². The molecule has 2 fully saturated rings. The summed E-state index contributed by atoms with van der Waals surface area (Å²) in [5.74, 6) is -0.823. The van der Waals surface area contributed by atoms with E-state index in [0.717, 1.165) is 0 Å². The summed E-state index contributed by atoms with van der Waals surface area (Å²) in [4.78, 5) is 12.0. The van der Waals surface area contributed by atoms with E-state index in [1.807, 2.05) is 0 Å². The number of nitrogens with two attached hydrogens (primary N) is 1. The highest BCUT2D eigenvalue weighted by atomic mass is 32.2. The minimum atomic E-state index is -3.79. The predicted molar refractivity (Wildman–Crippen MR) is 76.9 cm³/mol. The van der Waals surface area contributed by atoms with Crippen molar-refractivity contribution < 1.29 is 22.7 Å². The molecule has 0 unspecified atom stereocenters. The minimum Gasteiger partial charge on any atom is -0.382 e. The lowest BCUT2D eigenvalue weighted by atomic mass is 10.2. The first-order valence-corrected chi connectivity index (χ1v) is 8.34. The van der Waals surface area contributed by atoms with E-state index < -0.39 is 26.2 Å². The van der Waals surface area contributed by atoms with Crippen molar-refractivity contribution in [3.05, 3.63) is 12.7 Å². The van der Waals surface area contributed by atoms with Crippen LogP contribution in [0, 0.1) is 5.92 Å². The van der Waals surface area contributed by atoms with E-state index in [0.29, 0.717) is 32.5 Å².